The summed E-state index contributed by atoms with van der Waals surface area (Å²) < 4.78 is 26.1. The Bertz CT molecular complexity index is 604. The van der Waals surface area contributed by atoms with E-state index in [2.05, 4.69) is 26.2 Å². The van der Waals surface area contributed by atoms with Gasteiger partial charge in [-0.25, -0.2) is 13.8 Å². The van der Waals surface area contributed by atoms with Crippen molar-refractivity contribution in [2.75, 3.05) is 5.32 Å². The number of amides is 1. The van der Waals surface area contributed by atoms with Crippen LogP contribution in [0.3, 0.4) is 0 Å². The summed E-state index contributed by atoms with van der Waals surface area (Å²) in [7, 11) is 0. The minimum atomic E-state index is -1.02. The normalized spacial score (nSPS) is 10.2. The Labute approximate surface area is 110 Å². The number of benzene rings is 1. The maximum atomic E-state index is 13.0. The molecule has 0 saturated carbocycles. The second-order valence-corrected chi connectivity index (χ2v) is 4.18. The first-order valence-electron chi connectivity index (χ1n) is 4.95. The number of aromatic nitrogens is 1. The van der Waals surface area contributed by atoms with Gasteiger partial charge in [0.05, 0.1) is 5.56 Å². The van der Waals surface area contributed by atoms with E-state index >= 15 is 0 Å². The summed E-state index contributed by atoms with van der Waals surface area (Å²) in [6, 6.07) is 6.30. The van der Waals surface area contributed by atoms with Gasteiger partial charge in [-0.2, -0.15) is 0 Å². The van der Waals surface area contributed by atoms with Gasteiger partial charge in [0.15, 0.2) is 11.6 Å². The van der Waals surface area contributed by atoms with Gasteiger partial charge in [-0.15, -0.1) is 0 Å². The Kier molecular flexibility index (Phi) is 3.66. The van der Waals surface area contributed by atoms with Crippen LogP contribution in [0.4, 0.5) is 14.5 Å². The number of carbonyl (C=O) groups is 1. The van der Waals surface area contributed by atoms with Gasteiger partial charge in [0, 0.05) is 18.0 Å². The van der Waals surface area contributed by atoms with Crippen LogP contribution >= 0.6 is 15.9 Å². The second-order valence-electron chi connectivity index (χ2n) is 3.42. The molecule has 1 aromatic carbocycles. The molecule has 0 radical (unpaired) electrons. The highest BCUT2D eigenvalue weighted by molar-refractivity contribution is 9.10. The van der Waals surface area contributed by atoms with Crippen molar-refractivity contribution in [1.82, 2.24) is 4.98 Å². The number of nitrogens with zero attached hydrogens (tertiary/aromatic N) is 1. The van der Waals surface area contributed by atoms with E-state index in [0.29, 0.717) is 10.2 Å². The lowest BCUT2D eigenvalue weighted by atomic mass is 10.2. The van der Waals surface area contributed by atoms with Crippen molar-refractivity contribution in [3.05, 3.63) is 58.3 Å². The Morgan fingerprint density at radius 1 is 1.22 bits per heavy atom. The molecule has 18 heavy (non-hydrogen) atoms. The Morgan fingerprint density at radius 3 is 2.67 bits per heavy atom. The molecule has 0 bridgehead atoms. The van der Waals surface area contributed by atoms with E-state index in [1.54, 1.807) is 12.1 Å². The predicted octanol–water partition coefficient (Wildman–Crippen LogP) is 3.37. The number of pyridine rings is 1. The maximum Gasteiger partial charge on any atom is 0.258 e. The molecule has 6 heteroatoms. The number of rotatable bonds is 2. The van der Waals surface area contributed by atoms with Crippen LogP contribution in [0, 0.1) is 11.6 Å². The molecule has 0 saturated heterocycles. The third-order valence-electron chi connectivity index (χ3n) is 2.18. The first-order valence-corrected chi connectivity index (χ1v) is 5.74. The molecule has 0 atom stereocenters. The predicted molar refractivity (Wildman–Crippen MR) is 66.2 cm³/mol. The number of nitrogens with one attached hydrogen (secondary N) is 1. The summed E-state index contributed by atoms with van der Waals surface area (Å²) in [5.41, 5.74) is 0.483. The molecule has 0 aliphatic carbocycles. The molecule has 0 unspecified atom stereocenters. The lowest BCUT2D eigenvalue weighted by Gasteiger charge is -2.06. The number of anilines is 1. The molecular weight excluding hydrogens is 306 g/mol. The summed E-state index contributed by atoms with van der Waals surface area (Å²) in [5.74, 6) is -2.44. The van der Waals surface area contributed by atoms with Crippen LogP contribution in [0.5, 0.6) is 0 Å². The van der Waals surface area contributed by atoms with Gasteiger partial charge in [-0.1, -0.05) is 0 Å². The molecule has 1 aromatic heterocycles. The SMILES string of the molecule is O=C(Nc1ccc(F)c(F)c1)c1cccnc1Br. The van der Waals surface area contributed by atoms with Gasteiger partial charge in [-0.05, 0) is 40.2 Å². The average molecular weight is 313 g/mol. The summed E-state index contributed by atoms with van der Waals surface area (Å²) >= 11 is 3.13. The number of carbonyl (C=O) groups excluding carboxylic acids is 1. The van der Waals surface area contributed by atoms with Gasteiger partial charge in [0.25, 0.3) is 5.91 Å². The molecule has 2 rings (SSSR count). The summed E-state index contributed by atoms with van der Waals surface area (Å²) in [6.45, 7) is 0. The summed E-state index contributed by atoms with van der Waals surface area (Å²) in [5, 5.41) is 2.45. The van der Waals surface area contributed by atoms with Crippen LogP contribution in [0.25, 0.3) is 0 Å². The molecular formula is C12H7BrF2N2O. The largest absolute Gasteiger partial charge is 0.322 e. The number of hydrogen-bond acceptors (Lipinski definition) is 2. The zero-order valence-corrected chi connectivity index (χ0v) is 10.5. The van der Waals surface area contributed by atoms with E-state index in [0.717, 1.165) is 12.1 Å². The summed E-state index contributed by atoms with van der Waals surface area (Å²) in [6.07, 6.45) is 1.53. The topological polar surface area (TPSA) is 42.0 Å². The fourth-order valence-corrected chi connectivity index (χ4v) is 1.76. The fraction of sp³-hybridized carbons (Fsp3) is 0. The monoisotopic (exact) mass is 312 g/mol. The van der Waals surface area contributed by atoms with Crippen molar-refractivity contribution in [2.45, 2.75) is 0 Å². The van der Waals surface area contributed by atoms with Gasteiger partial charge in [-0.3, -0.25) is 4.79 Å². The van der Waals surface area contributed by atoms with E-state index in [4.69, 9.17) is 0 Å². The van der Waals surface area contributed by atoms with Crippen molar-refractivity contribution in [1.29, 1.82) is 0 Å². The Balaban J connectivity index is 2.22. The molecule has 0 aliphatic heterocycles. The number of hydrogen-bond donors (Lipinski definition) is 1. The first-order chi connectivity index (χ1) is 8.58. The van der Waals surface area contributed by atoms with E-state index in [-0.39, 0.29) is 5.69 Å². The van der Waals surface area contributed by atoms with Crippen LogP contribution in [-0.4, -0.2) is 10.9 Å². The van der Waals surface area contributed by atoms with E-state index < -0.39 is 17.5 Å². The first kappa shape index (κ1) is 12.6. The van der Waals surface area contributed by atoms with Gasteiger partial charge < -0.3 is 5.32 Å². The molecule has 92 valence electrons. The minimum absolute atomic E-state index is 0.176. The van der Waals surface area contributed by atoms with Gasteiger partial charge >= 0.3 is 0 Å². The van der Waals surface area contributed by atoms with Crippen molar-refractivity contribution < 1.29 is 13.6 Å². The van der Waals surface area contributed by atoms with Crippen LogP contribution in [0.2, 0.25) is 0 Å². The fourth-order valence-electron chi connectivity index (χ4n) is 1.33. The molecule has 0 aliphatic rings. The molecule has 0 fully saturated rings. The molecule has 1 heterocycles. The third kappa shape index (κ3) is 2.70. The number of halogens is 3. The van der Waals surface area contributed by atoms with Crippen molar-refractivity contribution >= 4 is 27.5 Å². The smallest absolute Gasteiger partial charge is 0.258 e. The summed E-state index contributed by atoms with van der Waals surface area (Å²) in [4.78, 5) is 15.7. The molecule has 1 amide bonds. The van der Waals surface area contributed by atoms with Crippen molar-refractivity contribution in [2.24, 2.45) is 0 Å². The van der Waals surface area contributed by atoms with Crippen LogP contribution in [-0.2, 0) is 0 Å². The highest BCUT2D eigenvalue weighted by Crippen LogP contribution is 2.17. The maximum absolute atomic E-state index is 13.0. The Morgan fingerprint density at radius 2 is 2.00 bits per heavy atom. The lowest BCUT2D eigenvalue weighted by molar-refractivity contribution is 0.102. The lowest BCUT2D eigenvalue weighted by Crippen LogP contribution is -2.13. The molecule has 2 aromatic rings. The zero-order chi connectivity index (χ0) is 13.1. The standard InChI is InChI=1S/C12H7BrF2N2O/c13-11-8(2-1-5-16-11)12(18)17-7-3-4-9(14)10(15)6-7/h1-6H,(H,17,18). The third-order valence-corrected chi connectivity index (χ3v) is 2.81. The molecule has 1 N–H and O–H groups in total. The van der Waals surface area contributed by atoms with E-state index in [1.807, 2.05) is 0 Å². The van der Waals surface area contributed by atoms with Crippen molar-refractivity contribution in [3.63, 3.8) is 0 Å². The van der Waals surface area contributed by atoms with Crippen LogP contribution in [0.15, 0.2) is 41.1 Å². The van der Waals surface area contributed by atoms with Gasteiger partial charge in [0.1, 0.15) is 4.60 Å². The Hall–Kier alpha value is -1.82. The molecule has 3 nitrogen and oxygen atoms in total. The van der Waals surface area contributed by atoms with E-state index in [1.165, 1.54) is 12.3 Å². The van der Waals surface area contributed by atoms with E-state index in [9.17, 15) is 13.6 Å². The van der Waals surface area contributed by atoms with Gasteiger partial charge in [0.2, 0.25) is 0 Å². The quantitative estimate of drug-likeness (QED) is 0.864. The molecule has 0 spiro atoms. The van der Waals surface area contributed by atoms with Crippen LogP contribution in [0.1, 0.15) is 10.4 Å². The van der Waals surface area contributed by atoms with Crippen LogP contribution < -0.4 is 5.32 Å². The average Bonchev–Trinajstić information content (AvgIpc) is 2.34. The highest BCUT2D eigenvalue weighted by atomic mass is 79.9. The minimum Gasteiger partial charge on any atom is -0.322 e. The second kappa shape index (κ2) is 5.22. The highest BCUT2D eigenvalue weighted by Gasteiger charge is 2.11. The zero-order valence-electron chi connectivity index (χ0n) is 8.95. The van der Waals surface area contributed by atoms with Crippen molar-refractivity contribution in [3.8, 4) is 0 Å².